The first-order valence-corrected chi connectivity index (χ1v) is 8.84. The van der Waals surface area contributed by atoms with E-state index in [4.69, 9.17) is 9.84 Å². The number of carboxylic acid groups (broad SMARTS) is 1. The summed E-state index contributed by atoms with van der Waals surface area (Å²) >= 11 is 0. The topological polar surface area (TPSA) is 100 Å². The predicted octanol–water partition coefficient (Wildman–Crippen LogP) is 1.70. The molecule has 1 aliphatic heterocycles. The van der Waals surface area contributed by atoms with Crippen molar-refractivity contribution in [3.05, 3.63) is 58.9 Å². The molecule has 0 unspecified atom stereocenters. The average molecular weight is 383 g/mol. The van der Waals surface area contributed by atoms with Gasteiger partial charge in [-0.3, -0.25) is 9.59 Å². The number of nitrogens with zero attached hydrogens (tertiary/aromatic N) is 3. The smallest absolute Gasteiger partial charge is 0.354 e. The minimum Gasteiger partial charge on any atom is -0.496 e. The van der Waals surface area contributed by atoms with Crippen molar-refractivity contribution in [3.63, 3.8) is 0 Å². The second-order valence-electron chi connectivity index (χ2n) is 6.48. The molecule has 1 saturated heterocycles. The summed E-state index contributed by atoms with van der Waals surface area (Å²) in [7, 11) is 1.56. The Morgan fingerprint density at radius 2 is 1.57 bits per heavy atom. The number of ether oxygens (including phenoxy) is 1. The molecule has 0 saturated carbocycles. The Hall–Kier alpha value is -3.42. The zero-order valence-corrected chi connectivity index (χ0v) is 15.7. The fraction of sp³-hybridized carbons (Fsp3) is 0.300. The highest BCUT2D eigenvalue weighted by molar-refractivity contribution is 5.96. The molecule has 1 N–H and O–H groups in total. The molecule has 8 heteroatoms. The molecule has 0 atom stereocenters. The van der Waals surface area contributed by atoms with Gasteiger partial charge >= 0.3 is 5.97 Å². The molecule has 1 aliphatic rings. The Morgan fingerprint density at radius 1 is 0.964 bits per heavy atom. The van der Waals surface area contributed by atoms with Gasteiger partial charge in [0.15, 0.2) is 0 Å². The number of aromatic carboxylic acids is 1. The Balaban J connectivity index is 1.65. The summed E-state index contributed by atoms with van der Waals surface area (Å²) in [5.41, 5.74) is 1.40. The van der Waals surface area contributed by atoms with Crippen molar-refractivity contribution in [1.29, 1.82) is 0 Å². The molecule has 28 heavy (non-hydrogen) atoms. The fourth-order valence-electron chi connectivity index (χ4n) is 3.08. The molecule has 2 amide bonds. The molecule has 0 radical (unpaired) electrons. The molecule has 2 heterocycles. The molecule has 1 fully saturated rings. The van der Waals surface area contributed by atoms with Gasteiger partial charge in [0.2, 0.25) is 0 Å². The number of amides is 2. The molecular weight excluding hydrogens is 362 g/mol. The van der Waals surface area contributed by atoms with Crippen molar-refractivity contribution in [2.75, 3.05) is 33.3 Å². The Kier molecular flexibility index (Phi) is 5.58. The van der Waals surface area contributed by atoms with Gasteiger partial charge in [-0.2, -0.15) is 0 Å². The van der Waals surface area contributed by atoms with Gasteiger partial charge in [-0.1, -0.05) is 12.1 Å². The maximum Gasteiger partial charge on any atom is 0.354 e. The highest BCUT2D eigenvalue weighted by Crippen LogP contribution is 2.20. The van der Waals surface area contributed by atoms with Crippen LogP contribution in [-0.4, -0.2) is 71.0 Å². The number of carboxylic acids is 1. The average Bonchev–Trinajstić information content (AvgIpc) is 2.73. The first-order valence-electron chi connectivity index (χ1n) is 8.84. The number of pyridine rings is 1. The summed E-state index contributed by atoms with van der Waals surface area (Å²) in [5.74, 6) is -0.980. The summed E-state index contributed by atoms with van der Waals surface area (Å²) in [5, 5.41) is 9.02. The van der Waals surface area contributed by atoms with Crippen LogP contribution >= 0.6 is 0 Å². The van der Waals surface area contributed by atoms with Crippen molar-refractivity contribution in [2.24, 2.45) is 0 Å². The third-order valence-corrected chi connectivity index (χ3v) is 4.70. The third kappa shape index (κ3) is 3.95. The Bertz CT molecular complexity index is 920. The third-order valence-electron chi connectivity index (χ3n) is 4.70. The van der Waals surface area contributed by atoms with Crippen LogP contribution in [0, 0.1) is 6.92 Å². The van der Waals surface area contributed by atoms with Crippen LogP contribution in [0.2, 0.25) is 0 Å². The van der Waals surface area contributed by atoms with Crippen LogP contribution in [0.1, 0.15) is 36.9 Å². The molecule has 146 valence electrons. The normalized spacial score (nSPS) is 13.9. The SMILES string of the molecule is COc1cc(C(=O)N2CCN(C(=O)c3cccc(C(=O)O)n3)CC2)ccc1C. The first kappa shape index (κ1) is 19.3. The molecular formula is C20H21N3O5. The number of carbonyl (C=O) groups excluding carboxylic acids is 2. The number of hydrogen-bond acceptors (Lipinski definition) is 5. The number of aryl methyl sites for hydroxylation is 1. The van der Waals surface area contributed by atoms with E-state index < -0.39 is 5.97 Å². The van der Waals surface area contributed by atoms with Gasteiger partial charge in [0.1, 0.15) is 17.1 Å². The standard InChI is InChI=1S/C20H21N3O5/c1-13-6-7-14(12-17(13)28-2)18(24)22-8-10-23(11-9-22)19(25)15-4-3-5-16(21-15)20(26)27/h3-7,12H,8-11H2,1-2H3,(H,26,27). The van der Waals surface area contributed by atoms with E-state index in [1.807, 2.05) is 13.0 Å². The quantitative estimate of drug-likeness (QED) is 0.863. The van der Waals surface area contributed by atoms with Crippen molar-refractivity contribution in [1.82, 2.24) is 14.8 Å². The van der Waals surface area contributed by atoms with Crippen LogP contribution in [-0.2, 0) is 0 Å². The highest BCUT2D eigenvalue weighted by atomic mass is 16.5. The van der Waals surface area contributed by atoms with E-state index >= 15 is 0 Å². The van der Waals surface area contributed by atoms with E-state index in [0.717, 1.165) is 5.56 Å². The maximum atomic E-state index is 12.7. The first-order chi connectivity index (χ1) is 13.4. The summed E-state index contributed by atoms with van der Waals surface area (Å²) in [6, 6.07) is 9.65. The van der Waals surface area contributed by atoms with E-state index in [9.17, 15) is 14.4 Å². The zero-order valence-electron chi connectivity index (χ0n) is 15.7. The Morgan fingerprint density at radius 3 is 2.18 bits per heavy atom. The second-order valence-corrected chi connectivity index (χ2v) is 6.48. The lowest BCUT2D eigenvalue weighted by Crippen LogP contribution is -2.50. The second kappa shape index (κ2) is 8.08. The van der Waals surface area contributed by atoms with Crippen molar-refractivity contribution in [2.45, 2.75) is 6.92 Å². The van der Waals surface area contributed by atoms with Gasteiger partial charge in [-0.05, 0) is 36.8 Å². The molecule has 1 aromatic heterocycles. The van der Waals surface area contributed by atoms with Crippen molar-refractivity contribution >= 4 is 17.8 Å². The molecule has 8 nitrogen and oxygen atoms in total. The van der Waals surface area contributed by atoms with Gasteiger partial charge in [-0.15, -0.1) is 0 Å². The number of piperazine rings is 1. The fourth-order valence-corrected chi connectivity index (χ4v) is 3.08. The molecule has 0 bridgehead atoms. The maximum absolute atomic E-state index is 12.7. The number of aromatic nitrogens is 1. The lowest BCUT2D eigenvalue weighted by Gasteiger charge is -2.34. The van der Waals surface area contributed by atoms with Gasteiger partial charge < -0.3 is 19.6 Å². The minimum absolute atomic E-state index is 0.0861. The van der Waals surface area contributed by atoms with E-state index in [1.165, 1.54) is 18.2 Å². The Labute approximate surface area is 162 Å². The largest absolute Gasteiger partial charge is 0.496 e. The van der Waals surface area contributed by atoms with E-state index in [0.29, 0.717) is 37.5 Å². The van der Waals surface area contributed by atoms with Crippen LogP contribution in [0.4, 0.5) is 0 Å². The molecule has 0 spiro atoms. The van der Waals surface area contributed by atoms with Crippen LogP contribution < -0.4 is 4.74 Å². The highest BCUT2D eigenvalue weighted by Gasteiger charge is 2.26. The predicted molar refractivity (Wildman–Crippen MR) is 101 cm³/mol. The van der Waals surface area contributed by atoms with Gasteiger partial charge in [0, 0.05) is 31.7 Å². The van der Waals surface area contributed by atoms with E-state index in [1.54, 1.807) is 29.0 Å². The summed E-state index contributed by atoms with van der Waals surface area (Å²) in [6.45, 7) is 3.39. The van der Waals surface area contributed by atoms with Crippen LogP contribution in [0.3, 0.4) is 0 Å². The van der Waals surface area contributed by atoms with Gasteiger partial charge in [-0.25, -0.2) is 9.78 Å². The van der Waals surface area contributed by atoms with Crippen molar-refractivity contribution < 1.29 is 24.2 Å². The number of rotatable bonds is 4. The number of carbonyl (C=O) groups is 3. The number of methoxy groups -OCH3 is 1. The van der Waals surface area contributed by atoms with Gasteiger partial charge in [0.25, 0.3) is 11.8 Å². The van der Waals surface area contributed by atoms with Crippen LogP contribution in [0.25, 0.3) is 0 Å². The van der Waals surface area contributed by atoms with Crippen molar-refractivity contribution in [3.8, 4) is 5.75 Å². The molecule has 2 aromatic rings. The lowest BCUT2D eigenvalue weighted by molar-refractivity contribution is 0.0531. The summed E-state index contributed by atoms with van der Waals surface area (Å²) in [6.07, 6.45) is 0. The zero-order chi connectivity index (χ0) is 20.3. The van der Waals surface area contributed by atoms with Crippen LogP contribution in [0.15, 0.2) is 36.4 Å². The van der Waals surface area contributed by atoms with Crippen LogP contribution in [0.5, 0.6) is 5.75 Å². The molecule has 1 aromatic carbocycles. The summed E-state index contributed by atoms with van der Waals surface area (Å²) < 4.78 is 5.27. The molecule has 3 rings (SSSR count). The minimum atomic E-state index is -1.18. The van der Waals surface area contributed by atoms with Gasteiger partial charge in [0.05, 0.1) is 7.11 Å². The lowest BCUT2D eigenvalue weighted by atomic mass is 10.1. The van der Waals surface area contributed by atoms with E-state index in [2.05, 4.69) is 4.98 Å². The van der Waals surface area contributed by atoms with E-state index in [-0.39, 0.29) is 23.2 Å². The number of hydrogen-bond donors (Lipinski definition) is 1. The molecule has 0 aliphatic carbocycles. The monoisotopic (exact) mass is 383 g/mol. The number of benzene rings is 1. The summed E-state index contributed by atoms with van der Waals surface area (Å²) in [4.78, 5) is 43.5.